The van der Waals surface area contributed by atoms with Crippen molar-refractivity contribution in [1.29, 1.82) is 0 Å². The van der Waals surface area contributed by atoms with Crippen molar-refractivity contribution in [2.24, 2.45) is 0 Å². The highest BCUT2D eigenvalue weighted by Crippen LogP contribution is 2.15. The quantitative estimate of drug-likeness (QED) is 0.0694. The van der Waals surface area contributed by atoms with Crippen LogP contribution in [0.1, 0.15) is 136 Å². The predicted molar refractivity (Wildman–Crippen MR) is 150 cm³/mol. The van der Waals surface area contributed by atoms with Crippen molar-refractivity contribution in [2.45, 2.75) is 148 Å². The Hall–Kier alpha value is -2.44. The van der Waals surface area contributed by atoms with E-state index >= 15 is 0 Å². The topological polar surface area (TPSA) is 98.8 Å². The van der Waals surface area contributed by atoms with Gasteiger partial charge in [-0.15, -0.1) is 0 Å². The third kappa shape index (κ3) is 17.1. The van der Waals surface area contributed by atoms with Gasteiger partial charge in [0.1, 0.15) is 6.04 Å². The first-order valence-electron chi connectivity index (χ1n) is 15.0. The monoisotopic (exact) mass is 533 g/mol. The fraction of sp³-hybridized carbons (Fsp3) is 0.742. The molecule has 0 saturated carbocycles. The lowest BCUT2D eigenvalue weighted by Gasteiger charge is -2.18. The maximum atomic E-state index is 12.6. The molecule has 7 nitrogen and oxygen atoms in total. The van der Waals surface area contributed by atoms with Crippen molar-refractivity contribution in [3.63, 3.8) is 0 Å². The smallest absolute Gasteiger partial charge is 0.355 e. The zero-order valence-corrected chi connectivity index (χ0v) is 23.8. The molecule has 0 bridgehead atoms. The highest BCUT2D eigenvalue weighted by molar-refractivity contribution is 5.91. The second-order valence-corrected chi connectivity index (χ2v) is 10.2. The first kappa shape index (κ1) is 33.6. The lowest BCUT2D eigenvalue weighted by Crippen LogP contribution is -2.39. The molecule has 216 valence electrons. The van der Waals surface area contributed by atoms with Crippen molar-refractivity contribution in [3.8, 4) is 0 Å². The molecular formula is C31H51NO6. The van der Waals surface area contributed by atoms with Crippen LogP contribution < -0.4 is 5.32 Å². The number of carbonyl (C=O) groups is 4. The van der Waals surface area contributed by atoms with Gasteiger partial charge in [0.2, 0.25) is 5.91 Å². The molecule has 38 heavy (non-hydrogen) atoms. The number of hydrogen-bond donors (Lipinski definition) is 1. The minimum atomic E-state index is -1.12. The fourth-order valence-corrected chi connectivity index (χ4v) is 4.30. The number of amides is 1. The third-order valence-corrected chi connectivity index (χ3v) is 6.67. The molecule has 0 aromatic heterocycles. The number of carbonyl (C=O) groups excluding carboxylic acids is 4. The van der Waals surface area contributed by atoms with Crippen LogP contribution in [0.15, 0.2) is 24.3 Å². The van der Waals surface area contributed by atoms with Gasteiger partial charge < -0.3 is 14.8 Å². The summed E-state index contributed by atoms with van der Waals surface area (Å²) in [4.78, 5) is 48.5. The molecule has 0 radical (unpaired) electrons. The molecule has 1 rings (SSSR count). The second kappa shape index (κ2) is 22.5. The van der Waals surface area contributed by atoms with E-state index in [0.29, 0.717) is 25.7 Å². The lowest BCUT2D eigenvalue weighted by atomic mass is 10.1. The minimum absolute atomic E-state index is 0.172. The van der Waals surface area contributed by atoms with Crippen LogP contribution in [0.25, 0.3) is 0 Å². The summed E-state index contributed by atoms with van der Waals surface area (Å²) in [5, 5.41) is 2.55. The summed E-state index contributed by atoms with van der Waals surface area (Å²) in [6.07, 6.45) is 24.5. The van der Waals surface area contributed by atoms with Gasteiger partial charge in [0.25, 0.3) is 0 Å². The van der Waals surface area contributed by atoms with E-state index in [0.717, 1.165) is 57.8 Å². The largest absolute Gasteiger partial charge is 0.449 e. The van der Waals surface area contributed by atoms with Crippen molar-refractivity contribution in [3.05, 3.63) is 24.3 Å². The lowest BCUT2D eigenvalue weighted by molar-refractivity contribution is -0.175. The Morgan fingerprint density at radius 1 is 0.842 bits per heavy atom. The van der Waals surface area contributed by atoms with Gasteiger partial charge >= 0.3 is 17.9 Å². The van der Waals surface area contributed by atoms with E-state index in [1.54, 1.807) is 0 Å². The number of allylic oxidation sites excluding steroid dienone is 4. The summed E-state index contributed by atoms with van der Waals surface area (Å²) >= 11 is 0. The van der Waals surface area contributed by atoms with Crippen LogP contribution in [0.3, 0.4) is 0 Å². The summed E-state index contributed by atoms with van der Waals surface area (Å²) in [7, 11) is 0. The first-order valence-corrected chi connectivity index (χ1v) is 15.0. The van der Waals surface area contributed by atoms with Crippen molar-refractivity contribution >= 4 is 23.8 Å². The van der Waals surface area contributed by atoms with Crippen LogP contribution in [-0.4, -0.2) is 36.0 Å². The molecule has 1 amide bonds. The number of rotatable bonds is 22. The molecule has 0 aliphatic carbocycles. The average Bonchev–Trinajstić information content (AvgIpc) is 3.34. The molecule has 1 heterocycles. The fourth-order valence-electron chi connectivity index (χ4n) is 4.30. The Morgan fingerprint density at radius 3 is 2.11 bits per heavy atom. The van der Waals surface area contributed by atoms with E-state index in [-0.39, 0.29) is 18.7 Å². The molecule has 0 aromatic carbocycles. The van der Waals surface area contributed by atoms with Gasteiger partial charge in [-0.3, -0.25) is 9.59 Å². The van der Waals surface area contributed by atoms with Crippen LogP contribution >= 0.6 is 0 Å². The van der Waals surface area contributed by atoms with Gasteiger partial charge in [0, 0.05) is 12.8 Å². The molecule has 1 N–H and O–H groups in total. The van der Waals surface area contributed by atoms with Gasteiger partial charge in [-0.1, -0.05) is 89.5 Å². The maximum Gasteiger partial charge on any atom is 0.355 e. The zero-order valence-electron chi connectivity index (χ0n) is 23.8. The highest BCUT2D eigenvalue weighted by Gasteiger charge is 2.33. The summed E-state index contributed by atoms with van der Waals surface area (Å²) in [5.41, 5.74) is 0. The van der Waals surface area contributed by atoms with Crippen LogP contribution in [-0.2, 0) is 28.7 Å². The second-order valence-electron chi connectivity index (χ2n) is 10.2. The summed E-state index contributed by atoms with van der Waals surface area (Å²) in [5.74, 6) is -2.24. The molecule has 1 saturated heterocycles. The van der Waals surface area contributed by atoms with Crippen LogP contribution in [0.2, 0.25) is 0 Å². The molecule has 1 unspecified atom stereocenters. The Balaban J connectivity index is 2.21. The molecule has 0 spiro atoms. The molecule has 2 atom stereocenters. The first-order chi connectivity index (χ1) is 18.5. The Bertz CT molecular complexity index is 745. The van der Waals surface area contributed by atoms with E-state index in [2.05, 4.69) is 43.5 Å². The van der Waals surface area contributed by atoms with Gasteiger partial charge in [0.05, 0.1) is 0 Å². The zero-order chi connectivity index (χ0) is 27.8. The van der Waals surface area contributed by atoms with Crippen molar-refractivity contribution in [1.82, 2.24) is 5.32 Å². The van der Waals surface area contributed by atoms with Gasteiger partial charge in [-0.25, -0.2) is 9.59 Å². The predicted octanol–water partition coefficient (Wildman–Crippen LogP) is 7.03. The summed E-state index contributed by atoms with van der Waals surface area (Å²) < 4.78 is 10.4. The van der Waals surface area contributed by atoms with E-state index in [1.165, 1.54) is 25.7 Å². The number of unbranched alkanes of at least 4 members (excludes halogenated alkanes) is 11. The Labute approximate surface area is 230 Å². The van der Waals surface area contributed by atoms with E-state index < -0.39 is 30.1 Å². The van der Waals surface area contributed by atoms with Crippen LogP contribution in [0.5, 0.6) is 0 Å². The Kier molecular flexibility index (Phi) is 19.9. The molecule has 1 aliphatic rings. The highest BCUT2D eigenvalue weighted by atomic mass is 16.6. The molecule has 1 fully saturated rings. The third-order valence-electron chi connectivity index (χ3n) is 6.67. The molecule has 7 heteroatoms. The van der Waals surface area contributed by atoms with Crippen LogP contribution in [0.4, 0.5) is 0 Å². The van der Waals surface area contributed by atoms with E-state index in [1.807, 2.05) is 0 Å². The van der Waals surface area contributed by atoms with Gasteiger partial charge in [0.15, 0.2) is 6.10 Å². The Morgan fingerprint density at radius 2 is 1.45 bits per heavy atom. The number of ether oxygens (including phenoxy) is 2. The van der Waals surface area contributed by atoms with Gasteiger partial charge in [-0.2, -0.15) is 0 Å². The molecule has 0 aromatic rings. The summed E-state index contributed by atoms with van der Waals surface area (Å²) in [6, 6.07) is -0.739. The number of nitrogens with one attached hydrogen (secondary N) is 1. The molecular weight excluding hydrogens is 482 g/mol. The van der Waals surface area contributed by atoms with Crippen molar-refractivity contribution < 1.29 is 28.7 Å². The molecule has 1 aliphatic heterocycles. The standard InChI is InChI=1S/C31H51NO6/c1-3-5-7-9-10-11-12-13-14-15-16-17-18-19-21-23-29(34)38-31(36)27(22-20-8-6-4-2)37-30(35)26-24-25-28(33)32-26/h10-11,13-14,26-27H,3-9,12,15-25H2,1-2H3,(H,32,33)/b11-10-,14-13-/t26-,27?/m0/s1. The SMILES string of the molecule is CCCCC/C=C\C/C=C\CCCCCCCC(=O)OC(=O)C(CCCCCC)OC(=O)[C@@H]1CCC(=O)N1. The van der Waals surface area contributed by atoms with Crippen molar-refractivity contribution in [2.75, 3.05) is 0 Å². The number of esters is 3. The normalized spacial score (nSPS) is 16.2. The van der Waals surface area contributed by atoms with Crippen LogP contribution in [0, 0.1) is 0 Å². The average molecular weight is 534 g/mol. The van der Waals surface area contributed by atoms with E-state index in [4.69, 9.17) is 9.47 Å². The minimum Gasteiger partial charge on any atom is -0.449 e. The summed E-state index contributed by atoms with van der Waals surface area (Å²) in [6.45, 7) is 4.30. The van der Waals surface area contributed by atoms with Gasteiger partial charge in [-0.05, 0) is 57.8 Å². The maximum absolute atomic E-state index is 12.6. The van der Waals surface area contributed by atoms with E-state index in [9.17, 15) is 19.2 Å². The number of hydrogen-bond acceptors (Lipinski definition) is 6.